The van der Waals surface area contributed by atoms with Crippen LogP contribution < -0.4 is 16.0 Å². The number of aliphatic imine (C=N–C) groups is 1. The summed E-state index contributed by atoms with van der Waals surface area (Å²) in [5.41, 5.74) is 3.30. The number of carbonyl (C=O) groups is 1. The Bertz CT molecular complexity index is 980. The van der Waals surface area contributed by atoms with Gasteiger partial charge in [-0.25, -0.2) is 4.99 Å². The van der Waals surface area contributed by atoms with Crippen LogP contribution in [0.3, 0.4) is 0 Å². The molecule has 32 heavy (non-hydrogen) atoms. The van der Waals surface area contributed by atoms with Crippen molar-refractivity contribution in [2.24, 2.45) is 4.99 Å². The molecule has 0 aromatic heterocycles. The molecule has 1 unspecified atom stereocenters. The number of amides is 1. The van der Waals surface area contributed by atoms with Gasteiger partial charge in [0, 0.05) is 23.7 Å². The van der Waals surface area contributed by atoms with Crippen molar-refractivity contribution in [2.45, 2.75) is 58.2 Å². The monoisotopic (exact) mass is 437 g/mol. The molecule has 1 atom stereocenters. The van der Waals surface area contributed by atoms with E-state index in [1.54, 1.807) is 12.1 Å². The van der Waals surface area contributed by atoms with Crippen molar-refractivity contribution >= 4 is 17.6 Å². The third kappa shape index (κ3) is 7.08. The van der Waals surface area contributed by atoms with Crippen molar-refractivity contribution in [3.05, 3.63) is 75.3 Å². The van der Waals surface area contributed by atoms with Crippen LogP contribution in [0, 0.1) is 10.1 Å². The van der Waals surface area contributed by atoms with Crippen molar-refractivity contribution in [3.63, 3.8) is 0 Å². The fraction of sp³-hybridized carbons (Fsp3) is 0.417. The lowest BCUT2D eigenvalue weighted by molar-refractivity contribution is -0.384. The van der Waals surface area contributed by atoms with Gasteiger partial charge in [0.2, 0.25) is 5.91 Å². The maximum atomic E-state index is 12.3. The number of non-ortho nitro benzene ring substituents is 1. The van der Waals surface area contributed by atoms with E-state index in [4.69, 9.17) is 0 Å². The quantitative estimate of drug-likeness (QED) is 0.278. The number of nitrogens with one attached hydrogen (secondary N) is 3. The van der Waals surface area contributed by atoms with Crippen LogP contribution >= 0.6 is 0 Å². The largest absolute Gasteiger partial charge is 0.353 e. The molecule has 2 aromatic rings. The average Bonchev–Trinajstić information content (AvgIpc) is 2.74. The van der Waals surface area contributed by atoms with E-state index in [0.29, 0.717) is 12.5 Å². The van der Waals surface area contributed by atoms with Gasteiger partial charge in [0.15, 0.2) is 5.96 Å². The Hall–Kier alpha value is -3.42. The number of guanidine groups is 1. The van der Waals surface area contributed by atoms with Gasteiger partial charge in [0.25, 0.3) is 5.69 Å². The predicted octanol–water partition coefficient (Wildman–Crippen LogP) is 3.10. The minimum absolute atomic E-state index is 0.0499. The summed E-state index contributed by atoms with van der Waals surface area (Å²) in [7, 11) is 0. The number of fused-ring (bicyclic) bond motifs is 1. The number of nitro benzene ring substituents is 1. The summed E-state index contributed by atoms with van der Waals surface area (Å²) < 4.78 is 0. The molecule has 0 spiro atoms. The number of aryl methyl sites for hydroxylation is 1. The van der Waals surface area contributed by atoms with Crippen LogP contribution in [0.4, 0.5) is 5.69 Å². The Balaban J connectivity index is 1.68. The molecule has 0 saturated carbocycles. The lowest BCUT2D eigenvalue weighted by Crippen LogP contribution is -2.50. The van der Waals surface area contributed by atoms with Gasteiger partial charge in [-0.2, -0.15) is 0 Å². The highest BCUT2D eigenvalue weighted by Crippen LogP contribution is 2.21. The summed E-state index contributed by atoms with van der Waals surface area (Å²) in [5, 5.41) is 20.4. The van der Waals surface area contributed by atoms with E-state index in [1.807, 2.05) is 20.8 Å². The lowest BCUT2D eigenvalue weighted by atomic mass is 9.88. The molecule has 3 rings (SSSR count). The third-order valence-electron chi connectivity index (χ3n) is 5.19. The van der Waals surface area contributed by atoms with Gasteiger partial charge in [-0.05, 0) is 56.7 Å². The first-order chi connectivity index (χ1) is 15.2. The van der Waals surface area contributed by atoms with E-state index in [-0.39, 0.29) is 29.7 Å². The SMILES string of the molecule is CC(C)(C)NC(=O)CNC(=NCc1ccc([N+](=O)[O-])cc1)NC1CCc2ccccc2C1. The minimum atomic E-state index is -0.420. The first-order valence-electron chi connectivity index (χ1n) is 10.9. The molecule has 0 fully saturated rings. The van der Waals surface area contributed by atoms with Gasteiger partial charge in [0.05, 0.1) is 18.0 Å². The predicted molar refractivity (Wildman–Crippen MR) is 126 cm³/mol. The Morgan fingerprint density at radius 2 is 1.81 bits per heavy atom. The molecule has 8 heteroatoms. The summed E-state index contributed by atoms with van der Waals surface area (Å²) in [4.78, 5) is 27.3. The van der Waals surface area contributed by atoms with Gasteiger partial charge in [0.1, 0.15) is 0 Å². The van der Waals surface area contributed by atoms with Crippen molar-refractivity contribution < 1.29 is 9.72 Å². The molecule has 1 amide bonds. The molecule has 0 bridgehead atoms. The number of rotatable bonds is 6. The molecule has 8 nitrogen and oxygen atoms in total. The number of nitrogens with zero attached hydrogens (tertiary/aromatic N) is 2. The second kappa shape index (κ2) is 10.3. The van der Waals surface area contributed by atoms with E-state index in [2.05, 4.69) is 45.2 Å². The highest BCUT2D eigenvalue weighted by atomic mass is 16.6. The molecule has 2 aromatic carbocycles. The van der Waals surface area contributed by atoms with E-state index in [1.165, 1.54) is 23.3 Å². The number of hydrogen-bond donors (Lipinski definition) is 3. The van der Waals surface area contributed by atoms with Gasteiger partial charge < -0.3 is 16.0 Å². The fourth-order valence-corrected chi connectivity index (χ4v) is 3.69. The molecule has 1 aliphatic carbocycles. The highest BCUT2D eigenvalue weighted by molar-refractivity contribution is 5.86. The van der Waals surface area contributed by atoms with Crippen LogP contribution in [0.5, 0.6) is 0 Å². The molecular weight excluding hydrogens is 406 g/mol. The van der Waals surface area contributed by atoms with Gasteiger partial charge in [-0.1, -0.05) is 36.4 Å². The molecule has 0 radical (unpaired) electrons. The molecule has 0 aliphatic heterocycles. The van der Waals surface area contributed by atoms with Crippen molar-refractivity contribution in [1.29, 1.82) is 0 Å². The van der Waals surface area contributed by atoms with E-state index in [0.717, 1.165) is 24.8 Å². The number of hydrogen-bond acceptors (Lipinski definition) is 4. The minimum Gasteiger partial charge on any atom is -0.353 e. The average molecular weight is 438 g/mol. The Labute approximate surface area is 188 Å². The second-order valence-electron chi connectivity index (χ2n) is 9.09. The van der Waals surface area contributed by atoms with Crippen LogP contribution in [0.2, 0.25) is 0 Å². The number of carbonyl (C=O) groups excluding carboxylic acids is 1. The summed E-state index contributed by atoms with van der Waals surface area (Å²) in [5.74, 6) is 0.438. The highest BCUT2D eigenvalue weighted by Gasteiger charge is 2.20. The van der Waals surface area contributed by atoms with Crippen LogP contribution in [-0.4, -0.2) is 34.9 Å². The van der Waals surface area contributed by atoms with Crippen LogP contribution in [0.15, 0.2) is 53.5 Å². The van der Waals surface area contributed by atoms with Crippen molar-refractivity contribution in [2.75, 3.05) is 6.54 Å². The fourth-order valence-electron chi connectivity index (χ4n) is 3.69. The lowest BCUT2D eigenvalue weighted by Gasteiger charge is -2.27. The van der Waals surface area contributed by atoms with E-state index < -0.39 is 4.92 Å². The van der Waals surface area contributed by atoms with Gasteiger partial charge >= 0.3 is 0 Å². The Morgan fingerprint density at radius 3 is 2.47 bits per heavy atom. The molecule has 0 saturated heterocycles. The second-order valence-corrected chi connectivity index (χ2v) is 9.09. The first-order valence-corrected chi connectivity index (χ1v) is 10.9. The van der Waals surface area contributed by atoms with Crippen molar-refractivity contribution in [1.82, 2.24) is 16.0 Å². The van der Waals surface area contributed by atoms with Crippen LogP contribution in [0.1, 0.15) is 43.9 Å². The molecule has 170 valence electrons. The summed E-state index contributed by atoms with van der Waals surface area (Å²) in [6.45, 7) is 6.26. The van der Waals surface area contributed by atoms with E-state index in [9.17, 15) is 14.9 Å². The maximum Gasteiger partial charge on any atom is 0.269 e. The molecular formula is C24H31N5O3. The van der Waals surface area contributed by atoms with Crippen LogP contribution in [-0.2, 0) is 24.2 Å². The zero-order valence-electron chi connectivity index (χ0n) is 18.9. The smallest absolute Gasteiger partial charge is 0.269 e. The zero-order chi connectivity index (χ0) is 23.1. The Kier molecular flexibility index (Phi) is 7.45. The molecule has 0 heterocycles. The zero-order valence-corrected chi connectivity index (χ0v) is 18.9. The first kappa shape index (κ1) is 23.2. The molecule has 1 aliphatic rings. The normalized spacial score (nSPS) is 16.1. The summed E-state index contributed by atoms with van der Waals surface area (Å²) in [6.07, 6.45) is 2.86. The third-order valence-corrected chi connectivity index (χ3v) is 5.19. The van der Waals surface area contributed by atoms with Crippen molar-refractivity contribution in [3.8, 4) is 0 Å². The number of nitro groups is 1. The van der Waals surface area contributed by atoms with Gasteiger partial charge in [-0.3, -0.25) is 14.9 Å². The van der Waals surface area contributed by atoms with E-state index >= 15 is 0 Å². The Morgan fingerprint density at radius 1 is 1.12 bits per heavy atom. The number of benzene rings is 2. The standard InChI is InChI=1S/C24H31N5O3/c1-24(2,3)28-22(30)16-26-23(25-15-17-8-12-21(13-9-17)29(31)32)27-20-11-10-18-6-4-5-7-19(18)14-20/h4-9,12-13,20H,10-11,14-16H2,1-3H3,(H,28,30)(H2,25,26,27). The maximum absolute atomic E-state index is 12.3. The summed E-state index contributed by atoms with van der Waals surface area (Å²) >= 11 is 0. The summed E-state index contributed by atoms with van der Waals surface area (Å²) in [6, 6.07) is 15.0. The molecule has 3 N–H and O–H groups in total. The topological polar surface area (TPSA) is 109 Å². The van der Waals surface area contributed by atoms with Gasteiger partial charge in [-0.15, -0.1) is 0 Å². The van der Waals surface area contributed by atoms with Crippen LogP contribution in [0.25, 0.3) is 0 Å².